The maximum atomic E-state index is 13.2. The van der Waals surface area contributed by atoms with Crippen LogP contribution in [-0.2, 0) is 12.0 Å². The number of hydrogen-bond donors (Lipinski definition) is 1. The molecular weight excluding hydrogens is 246 g/mol. The molecule has 0 saturated carbocycles. The van der Waals surface area contributed by atoms with Crippen molar-refractivity contribution >= 4 is 0 Å². The Kier molecular flexibility index (Phi) is 3.67. The van der Waals surface area contributed by atoms with Gasteiger partial charge in [-0.1, -0.05) is 18.2 Å². The predicted octanol–water partition coefficient (Wildman–Crippen LogP) is 3.72. The first-order chi connectivity index (χ1) is 8.88. The highest BCUT2D eigenvalue weighted by molar-refractivity contribution is 5.31. The summed E-state index contributed by atoms with van der Waals surface area (Å²) < 4.78 is 26.3. The van der Waals surface area contributed by atoms with Crippen LogP contribution in [0.25, 0.3) is 0 Å². The molecule has 2 aromatic carbocycles. The van der Waals surface area contributed by atoms with Gasteiger partial charge in [0, 0.05) is 6.42 Å². The predicted molar refractivity (Wildman–Crippen MR) is 70.8 cm³/mol. The van der Waals surface area contributed by atoms with Crippen molar-refractivity contribution < 1.29 is 13.9 Å². The molecular formula is C16H16F2O. The van der Waals surface area contributed by atoms with E-state index in [-0.39, 0.29) is 11.6 Å². The second-order valence-corrected chi connectivity index (χ2v) is 5.03. The largest absolute Gasteiger partial charge is 0.385 e. The molecule has 1 unspecified atom stereocenters. The Morgan fingerprint density at radius 3 is 2.37 bits per heavy atom. The molecule has 0 saturated heterocycles. The van der Waals surface area contributed by atoms with E-state index in [0.717, 1.165) is 11.1 Å². The highest BCUT2D eigenvalue weighted by Gasteiger charge is 2.24. The normalized spacial score (nSPS) is 14.2. The highest BCUT2D eigenvalue weighted by Crippen LogP contribution is 2.27. The van der Waals surface area contributed by atoms with Gasteiger partial charge in [-0.25, -0.2) is 8.78 Å². The van der Waals surface area contributed by atoms with Gasteiger partial charge in [0.1, 0.15) is 11.6 Å². The zero-order valence-corrected chi connectivity index (χ0v) is 11.0. The fourth-order valence-electron chi connectivity index (χ4n) is 2.15. The summed E-state index contributed by atoms with van der Waals surface area (Å²) >= 11 is 0. The molecule has 1 atom stereocenters. The molecule has 0 amide bonds. The van der Waals surface area contributed by atoms with Crippen LogP contribution in [0.3, 0.4) is 0 Å². The van der Waals surface area contributed by atoms with Gasteiger partial charge in [0.2, 0.25) is 0 Å². The van der Waals surface area contributed by atoms with Crippen molar-refractivity contribution in [1.82, 2.24) is 0 Å². The van der Waals surface area contributed by atoms with Crippen molar-refractivity contribution in [3.05, 3.63) is 70.8 Å². The minimum atomic E-state index is -1.19. The molecule has 3 heteroatoms. The first kappa shape index (κ1) is 13.7. The SMILES string of the molecule is Cc1cc(F)ccc1CC(C)(O)c1cccc(F)c1. The van der Waals surface area contributed by atoms with Crippen LogP contribution in [-0.4, -0.2) is 5.11 Å². The topological polar surface area (TPSA) is 20.2 Å². The number of rotatable bonds is 3. The summed E-state index contributed by atoms with van der Waals surface area (Å²) in [5.41, 5.74) is 0.939. The molecule has 19 heavy (non-hydrogen) atoms. The molecule has 0 aliphatic carbocycles. The van der Waals surface area contributed by atoms with Crippen LogP contribution in [0.2, 0.25) is 0 Å². The smallest absolute Gasteiger partial charge is 0.123 e. The van der Waals surface area contributed by atoms with E-state index >= 15 is 0 Å². The van der Waals surface area contributed by atoms with E-state index in [1.165, 1.54) is 24.3 Å². The Bertz CT molecular complexity index is 591. The van der Waals surface area contributed by atoms with E-state index in [9.17, 15) is 13.9 Å². The third kappa shape index (κ3) is 3.18. The number of benzene rings is 2. The van der Waals surface area contributed by atoms with E-state index < -0.39 is 5.60 Å². The average Bonchev–Trinajstić information content (AvgIpc) is 2.33. The van der Waals surface area contributed by atoms with Gasteiger partial charge in [-0.3, -0.25) is 0 Å². The Morgan fingerprint density at radius 1 is 1.05 bits per heavy atom. The lowest BCUT2D eigenvalue weighted by Crippen LogP contribution is -2.24. The minimum absolute atomic E-state index is 0.299. The van der Waals surface area contributed by atoms with Gasteiger partial charge in [-0.2, -0.15) is 0 Å². The van der Waals surface area contributed by atoms with Crippen molar-refractivity contribution in [3.8, 4) is 0 Å². The second-order valence-electron chi connectivity index (χ2n) is 5.03. The van der Waals surface area contributed by atoms with Crippen LogP contribution in [0.15, 0.2) is 42.5 Å². The van der Waals surface area contributed by atoms with Crippen molar-refractivity contribution in [2.75, 3.05) is 0 Å². The summed E-state index contributed by atoms with van der Waals surface area (Å²) in [5, 5.41) is 10.5. The lowest BCUT2D eigenvalue weighted by molar-refractivity contribution is 0.0571. The van der Waals surface area contributed by atoms with E-state index in [2.05, 4.69) is 0 Å². The zero-order chi connectivity index (χ0) is 14.0. The van der Waals surface area contributed by atoms with E-state index in [1.807, 2.05) is 0 Å². The maximum Gasteiger partial charge on any atom is 0.123 e. The average molecular weight is 262 g/mol. The summed E-state index contributed by atoms with van der Waals surface area (Å²) in [6, 6.07) is 10.3. The highest BCUT2D eigenvalue weighted by atomic mass is 19.1. The van der Waals surface area contributed by atoms with Crippen molar-refractivity contribution in [2.24, 2.45) is 0 Å². The van der Waals surface area contributed by atoms with Crippen molar-refractivity contribution in [2.45, 2.75) is 25.9 Å². The number of aryl methyl sites for hydroxylation is 1. The quantitative estimate of drug-likeness (QED) is 0.893. The molecule has 1 N–H and O–H groups in total. The van der Waals surface area contributed by atoms with Gasteiger partial charge in [0.15, 0.2) is 0 Å². The molecule has 0 aromatic heterocycles. The van der Waals surface area contributed by atoms with E-state index in [0.29, 0.717) is 12.0 Å². The molecule has 0 fully saturated rings. The Morgan fingerprint density at radius 2 is 1.74 bits per heavy atom. The van der Waals surface area contributed by atoms with Gasteiger partial charge in [0.25, 0.3) is 0 Å². The third-order valence-electron chi connectivity index (χ3n) is 3.29. The first-order valence-corrected chi connectivity index (χ1v) is 6.12. The molecule has 2 aromatic rings. The standard InChI is InChI=1S/C16H16F2O/c1-11-8-15(18)7-6-12(11)10-16(2,19)13-4-3-5-14(17)9-13/h3-9,19H,10H2,1-2H3. The molecule has 0 radical (unpaired) electrons. The van der Waals surface area contributed by atoms with Crippen LogP contribution in [0.1, 0.15) is 23.6 Å². The molecule has 1 nitrogen and oxygen atoms in total. The second kappa shape index (κ2) is 5.10. The summed E-state index contributed by atoms with van der Waals surface area (Å²) in [6.45, 7) is 3.42. The lowest BCUT2D eigenvalue weighted by atomic mass is 9.87. The van der Waals surface area contributed by atoms with Gasteiger partial charge >= 0.3 is 0 Å². The van der Waals surface area contributed by atoms with Crippen LogP contribution >= 0.6 is 0 Å². The fraction of sp³-hybridized carbons (Fsp3) is 0.250. The molecule has 0 heterocycles. The minimum Gasteiger partial charge on any atom is -0.385 e. The van der Waals surface area contributed by atoms with Gasteiger partial charge in [-0.15, -0.1) is 0 Å². The number of hydrogen-bond acceptors (Lipinski definition) is 1. The van der Waals surface area contributed by atoms with Gasteiger partial charge in [-0.05, 0) is 54.8 Å². The number of aliphatic hydroxyl groups is 1. The van der Waals surface area contributed by atoms with Crippen LogP contribution in [0.4, 0.5) is 8.78 Å². The lowest BCUT2D eigenvalue weighted by Gasteiger charge is -2.25. The molecule has 0 aliphatic heterocycles. The summed E-state index contributed by atoms with van der Waals surface area (Å²) in [5.74, 6) is -0.680. The Labute approximate surface area is 111 Å². The molecule has 0 spiro atoms. The zero-order valence-electron chi connectivity index (χ0n) is 11.0. The summed E-state index contributed by atoms with van der Waals surface area (Å²) in [6.07, 6.45) is 0.308. The summed E-state index contributed by atoms with van der Waals surface area (Å²) in [7, 11) is 0. The van der Waals surface area contributed by atoms with E-state index in [4.69, 9.17) is 0 Å². The number of halogens is 2. The molecule has 2 rings (SSSR count). The molecule has 0 bridgehead atoms. The Balaban J connectivity index is 2.30. The third-order valence-corrected chi connectivity index (χ3v) is 3.29. The molecule has 0 aliphatic rings. The summed E-state index contributed by atoms with van der Waals surface area (Å²) in [4.78, 5) is 0. The van der Waals surface area contributed by atoms with Gasteiger partial charge in [0.05, 0.1) is 5.60 Å². The monoisotopic (exact) mass is 262 g/mol. The fourth-order valence-corrected chi connectivity index (χ4v) is 2.15. The molecule has 100 valence electrons. The van der Waals surface area contributed by atoms with Crippen LogP contribution in [0, 0.1) is 18.6 Å². The van der Waals surface area contributed by atoms with Crippen LogP contribution in [0.5, 0.6) is 0 Å². The maximum absolute atomic E-state index is 13.2. The first-order valence-electron chi connectivity index (χ1n) is 6.12. The Hall–Kier alpha value is -1.74. The van der Waals surface area contributed by atoms with Crippen molar-refractivity contribution in [1.29, 1.82) is 0 Å². The van der Waals surface area contributed by atoms with Gasteiger partial charge < -0.3 is 5.11 Å². The van der Waals surface area contributed by atoms with E-state index in [1.54, 1.807) is 32.0 Å². The van der Waals surface area contributed by atoms with Crippen molar-refractivity contribution in [3.63, 3.8) is 0 Å². The van der Waals surface area contributed by atoms with Crippen LogP contribution < -0.4 is 0 Å².